The summed E-state index contributed by atoms with van der Waals surface area (Å²) in [6, 6.07) is 36.9. The first kappa shape index (κ1) is 56.0. The van der Waals surface area contributed by atoms with Gasteiger partial charge in [0.1, 0.15) is 33.9 Å². The van der Waals surface area contributed by atoms with Gasteiger partial charge in [-0.1, -0.05) is 30.3 Å². The molecule has 8 aromatic rings. The van der Waals surface area contributed by atoms with Crippen molar-refractivity contribution in [1.29, 1.82) is 0 Å². The van der Waals surface area contributed by atoms with Crippen LogP contribution in [0.2, 0.25) is 0 Å². The van der Waals surface area contributed by atoms with E-state index in [0.29, 0.717) is 71.4 Å². The Balaban J connectivity index is 0.000000187. The molecule has 394 valence electrons. The molecule has 0 saturated carbocycles. The second-order valence-electron chi connectivity index (χ2n) is 16.9. The summed E-state index contributed by atoms with van der Waals surface area (Å²) in [5, 5.41) is 32.7. The first-order valence-electron chi connectivity index (χ1n) is 24.5. The number of hydrogen-bond donors (Lipinski definition) is 3. The number of carbonyl (C=O) groups is 3. The van der Waals surface area contributed by atoms with Gasteiger partial charge in [0.15, 0.2) is 0 Å². The molecule has 0 aliphatic rings. The minimum Gasteiger partial charge on any atom is -0.508 e. The summed E-state index contributed by atoms with van der Waals surface area (Å²) in [7, 11) is 1.64. The normalized spacial score (nSPS) is 10.9. The van der Waals surface area contributed by atoms with Gasteiger partial charge in [-0.25, -0.2) is 23.7 Å². The van der Waals surface area contributed by atoms with Gasteiger partial charge in [-0.05, 0) is 159 Å². The van der Waals surface area contributed by atoms with E-state index in [2.05, 4.69) is 30.7 Å². The van der Waals surface area contributed by atoms with Gasteiger partial charge in [0, 0.05) is 23.6 Å². The third-order valence-electron chi connectivity index (χ3n) is 11.7. The Labute approximate surface area is 441 Å². The monoisotopic (exact) mass is 1030 g/mol. The van der Waals surface area contributed by atoms with Crippen LogP contribution < -0.4 is 10.2 Å². The number of aryl methyl sites for hydroxylation is 3. The number of phenolic OH excluding ortho intramolecular Hbond substituents is 2. The number of aromatic hydroxyl groups is 2. The molecule has 18 heteroatoms. The molecule has 0 aliphatic carbocycles. The van der Waals surface area contributed by atoms with Gasteiger partial charge in [0.05, 0.1) is 90.4 Å². The van der Waals surface area contributed by atoms with Crippen molar-refractivity contribution in [2.24, 2.45) is 9.98 Å². The summed E-state index contributed by atoms with van der Waals surface area (Å²) in [6.07, 6.45) is 3.42. The standard InChI is InChI=1S/C22H23N3O3.C21H21N3O3.C15H19N3O3/c1-5-28-22(26)21-15(2)24-25(16(21)3)19-10-8-18(9-11-19)23-14-17-6-12-20(27-4)13-7-17;1-4-27-21(26)20-14(2)23-24(15(20)3)18-11-9-17(10-12-18)22-13-16-7-5-6-8-19(16)25;1-4-21-15(20)14-10(2)17-18(11(14)3)16-9-12-7-5-6-8-13(12)19/h6-14H,5H2,1-4H3;5-13,25H,4H2,1-3H3;5-8,16,19H,4,9H2,1-3H3. The van der Waals surface area contributed by atoms with E-state index in [1.54, 1.807) is 101 Å². The number of aromatic nitrogens is 6. The van der Waals surface area contributed by atoms with E-state index in [1.165, 1.54) is 4.79 Å². The van der Waals surface area contributed by atoms with Crippen molar-refractivity contribution in [3.63, 3.8) is 0 Å². The summed E-state index contributed by atoms with van der Waals surface area (Å²) < 4.78 is 23.9. The van der Waals surface area contributed by atoms with Crippen molar-refractivity contribution >= 4 is 41.7 Å². The van der Waals surface area contributed by atoms with Crippen molar-refractivity contribution in [3.8, 4) is 28.6 Å². The summed E-state index contributed by atoms with van der Waals surface area (Å²) in [6.45, 7) is 17.6. The molecule has 0 fully saturated rings. The Morgan fingerprint density at radius 1 is 0.539 bits per heavy atom. The van der Waals surface area contributed by atoms with Crippen LogP contribution in [-0.2, 0) is 20.8 Å². The minimum atomic E-state index is -0.372. The van der Waals surface area contributed by atoms with E-state index in [1.807, 2.05) is 112 Å². The average molecular weight is 1030 g/mol. The van der Waals surface area contributed by atoms with Crippen LogP contribution in [0.15, 0.2) is 131 Å². The quantitative estimate of drug-likeness (QED) is 0.0467. The molecule has 0 spiro atoms. The maximum absolute atomic E-state index is 12.1. The number of carbonyl (C=O) groups excluding carboxylic acids is 3. The van der Waals surface area contributed by atoms with Crippen molar-refractivity contribution in [2.45, 2.75) is 68.9 Å². The molecule has 0 atom stereocenters. The van der Waals surface area contributed by atoms with Crippen LogP contribution in [0.3, 0.4) is 0 Å². The fourth-order valence-corrected chi connectivity index (χ4v) is 7.84. The molecule has 5 aromatic carbocycles. The second-order valence-corrected chi connectivity index (χ2v) is 16.9. The molecular formula is C58H63N9O9. The summed E-state index contributed by atoms with van der Waals surface area (Å²) in [4.78, 5) is 46.6. The summed E-state index contributed by atoms with van der Waals surface area (Å²) in [5.41, 5.74) is 14.3. The molecular weight excluding hydrogens is 967 g/mol. The molecule has 0 aliphatic heterocycles. The van der Waals surface area contributed by atoms with Gasteiger partial charge in [0.25, 0.3) is 0 Å². The topological polar surface area (TPSA) is 219 Å². The molecule has 0 bridgehead atoms. The lowest BCUT2D eigenvalue weighted by molar-refractivity contribution is 0.0514. The van der Waals surface area contributed by atoms with E-state index in [0.717, 1.165) is 51.0 Å². The van der Waals surface area contributed by atoms with E-state index < -0.39 is 0 Å². The fourth-order valence-electron chi connectivity index (χ4n) is 7.84. The summed E-state index contributed by atoms with van der Waals surface area (Å²) in [5.74, 6) is 0.146. The van der Waals surface area contributed by atoms with Crippen LogP contribution in [0, 0.1) is 41.5 Å². The van der Waals surface area contributed by atoms with Crippen molar-refractivity contribution in [3.05, 3.63) is 189 Å². The van der Waals surface area contributed by atoms with Gasteiger partial charge in [-0.2, -0.15) is 20.1 Å². The molecule has 3 aromatic heterocycles. The molecule has 8 rings (SSSR count). The third kappa shape index (κ3) is 14.0. The number of benzene rings is 5. The lowest BCUT2D eigenvalue weighted by Crippen LogP contribution is -2.18. The van der Waals surface area contributed by atoms with E-state index in [4.69, 9.17) is 18.9 Å². The average Bonchev–Trinajstić information content (AvgIpc) is 4.01. The number of nitrogens with one attached hydrogen (secondary N) is 1. The van der Waals surface area contributed by atoms with Crippen LogP contribution in [0.25, 0.3) is 11.4 Å². The highest BCUT2D eigenvalue weighted by molar-refractivity contribution is 5.93. The molecule has 3 N–H and O–H groups in total. The maximum atomic E-state index is 12.1. The number of aliphatic imine (C=N–C) groups is 2. The maximum Gasteiger partial charge on any atom is 0.341 e. The highest BCUT2D eigenvalue weighted by Gasteiger charge is 2.23. The first-order chi connectivity index (χ1) is 36.6. The van der Waals surface area contributed by atoms with Crippen LogP contribution >= 0.6 is 0 Å². The molecule has 0 amide bonds. The van der Waals surface area contributed by atoms with Crippen LogP contribution in [-0.4, -0.2) is 96.9 Å². The Hall–Kier alpha value is -9.32. The number of para-hydroxylation sites is 2. The lowest BCUT2D eigenvalue weighted by atomic mass is 10.2. The number of phenols is 2. The van der Waals surface area contributed by atoms with Gasteiger partial charge in [-0.3, -0.25) is 9.98 Å². The zero-order chi connectivity index (χ0) is 54.9. The first-order valence-corrected chi connectivity index (χ1v) is 24.5. The minimum absolute atomic E-state index is 0.187. The number of rotatable bonds is 16. The largest absolute Gasteiger partial charge is 0.508 e. The van der Waals surface area contributed by atoms with E-state index in [-0.39, 0.29) is 29.4 Å². The Bertz CT molecular complexity index is 3320. The molecule has 0 radical (unpaired) electrons. The number of hydrogen-bond acceptors (Lipinski definition) is 15. The van der Waals surface area contributed by atoms with Gasteiger partial charge in [0.2, 0.25) is 0 Å². The molecule has 76 heavy (non-hydrogen) atoms. The van der Waals surface area contributed by atoms with Gasteiger partial charge in [-0.15, -0.1) is 0 Å². The zero-order valence-electron chi connectivity index (χ0n) is 44.4. The van der Waals surface area contributed by atoms with Crippen LogP contribution in [0.1, 0.15) is 103 Å². The smallest absolute Gasteiger partial charge is 0.341 e. The molecule has 3 heterocycles. The molecule has 0 unspecified atom stereocenters. The highest BCUT2D eigenvalue weighted by Crippen LogP contribution is 2.25. The van der Waals surface area contributed by atoms with E-state index >= 15 is 0 Å². The van der Waals surface area contributed by atoms with Crippen molar-refractivity contribution in [1.82, 2.24) is 29.5 Å². The van der Waals surface area contributed by atoms with Crippen molar-refractivity contribution in [2.75, 3.05) is 32.4 Å². The Morgan fingerprint density at radius 3 is 1.43 bits per heavy atom. The van der Waals surface area contributed by atoms with Gasteiger partial charge >= 0.3 is 17.9 Å². The fraction of sp³-hybridized carbons (Fsp3) is 0.241. The number of nitrogens with zero attached hydrogens (tertiary/aromatic N) is 8. The second kappa shape index (κ2) is 26.6. The number of methoxy groups -OCH3 is 1. The lowest BCUT2D eigenvalue weighted by Gasteiger charge is -2.09. The third-order valence-corrected chi connectivity index (χ3v) is 11.7. The molecule has 18 nitrogen and oxygen atoms in total. The predicted octanol–water partition coefficient (Wildman–Crippen LogP) is 10.7. The number of esters is 3. The van der Waals surface area contributed by atoms with Crippen molar-refractivity contribution < 1.29 is 43.5 Å². The van der Waals surface area contributed by atoms with Crippen LogP contribution in [0.4, 0.5) is 11.4 Å². The van der Waals surface area contributed by atoms with Crippen LogP contribution in [0.5, 0.6) is 17.2 Å². The Kier molecular flexibility index (Phi) is 19.6. The SMILES string of the molecule is CCOC(=O)c1c(C)nn(-c2ccc(N=Cc3ccc(OC)cc3)cc2)c1C.CCOC(=O)c1c(C)nn(-c2ccc(N=Cc3ccccc3O)cc2)c1C.CCOC(=O)c1c(C)nn(NCc2ccccc2O)c1C. The van der Waals surface area contributed by atoms with E-state index in [9.17, 15) is 24.6 Å². The van der Waals surface area contributed by atoms with Gasteiger partial charge < -0.3 is 34.6 Å². The predicted molar refractivity (Wildman–Crippen MR) is 292 cm³/mol. The number of ether oxygens (including phenoxy) is 4. The molecule has 0 saturated heterocycles. The highest BCUT2D eigenvalue weighted by atomic mass is 16.5. The summed E-state index contributed by atoms with van der Waals surface area (Å²) >= 11 is 0. The Morgan fingerprint density at radius 2 is 0.974 bits per heavy atom. The zero-order valence-corrected chi connectivity index (χ0v) is 44.4.